The normalized spacial score (nSPS) is 17.1. The van der Waals surface area contributed by atoms with E-state index in [1.165, 1.54) is 12.1 Å². The minimum absolute atomic E-state index is 0.114. The summed E-state index contributed by atoms with van der Waals surface area (Å²) in [6.45, 7) is 1.62. The molecule has 130 valence electrons. The van der Waals surface area contributed by atoms with E-state index in [4.69, 9.17) is 9.78 Å². The molecule has 0 amide bonds. The number of hydrogen-bond acceptors (Lipinski definition) is 6. The number of hydrogen-bond donors (Lipinski definition) is 0. The molecular weight excluding hydrogens is 333 g/mol. The van der Waals surface area contributed by atoms with E-state index in [2.05, 4.69) is 26.1 Å². The third-order valence-electron chi connectivity index (χ3n) is 4.52. The Morgan fingerprint density at radius 1 is 1.19 bits per heavy atom. The van der Waals surface area contributed by atoms with Crippen molar-refractivity contribution in [2.45, 2.75) is 18.8 Å². The Balaban J connectivity index is 1.51. The molecule has 0 aliphatic carbocycles. The lowest BCUT2D eigenvalue weighted by Gasteiger charge is -2.31. The molecule has 26 heavy (non-hydrogen) atoms. The van der Waals surface area contributed by atoms with Gasteiger partial charge in [-0.05, 0) is 49.2 Å². The average Bonchev–Trinajstić information content (AvgIpc) is 3.19. The average molecular weight is 349 g/mol. The van der Waals surface area contributed by atoms with Crippen molar-refractivity contribution < 1.29 is 8.91 Å². The zero-order valence-corrected chi connectivity index (χ0v) is 14.0. The van der Waals surface area contributed by atoms with Gasteiger partial charge in [0.1, 0.15) is 17.7 Å². The molecule has 0 radical (unpaired) electrons. The van der Waals surface area contributed by atoms with Crippen LogP contribution in [-0.4, -0.2) is 28.2 Å². The molecule has 1 aliphatic heterocycles. The van der Waals surface area contributed by atoms with Crippen molar-refractivity contribution in [1.29, 1.82) is 5.26 Å². The number of aromatic nitrogens is 3. The van der Waals surface area contributed by atoms with Crippen molar-refractivity contribution >= 4 is 5.82 Å². The van der Waals surface area contributed by atoms with Crippen molar-refractivity contribution in [3.05, 3.63) is 59.9 Å². The third-order valence-corrected chi connectivity index (χ3v) is 4.52. The lowest BCUT2D eigenvalue weighted by Crippen LogP contribution is -2.35. The summed E-state index contributed by atoms with van der Waals surface area (Å²) in [7, 11) is 0. The number of piperidine rings is 1. The fraction of sp³-hybridized carbons (Fsp3) is 0.263. The highest BCUT2D eigenvalue weighted by Crippen LogP contribution is 2.29. The number of rotatable bonds is 3. The molecule has 4 rings (SSSR count). The smallest absolute Gasteiger partial charge is 0.231 e. The molecule has 1 aromatic carbocycles. The van der Waals surface area contributed by atoms with Crippen LogP contribution in [0.4, 0.5) is 10.2 Å². The first-order valence-corrected chi connectivity index (χ1v) is 8.43. The monoisotopic (exact) mass is 349 g/mol. The van der Waals surface area contributed by atoms with E-state index in [-0.39, 0.29) is 11.7 Å². The fourth-order valence-corrected chi connectivity index (χ4v) is 3.14. The van der Waals surface area contributed by atoms with Crippen LogP contribution >= 0.6 is 0 Å². The van der Waals surface area contributed by atoms with E-state index in [9.17, 15) is 4.39 Å². The first kappa shape index (κ1) is 16.2. The van der Waals surface area contributed by atoms with Gasteiger partial charge in [0.15, 0.2) is 0 Å². The SMILES string of the molecule is N#Cc1ccc(N2CCCC(c3nc(-c4ccc(F)cc4)no3)C2)nc1. The minimum Gasteiger partial charge on any atom is -0.356 e. The van der Waals surface area contributed by atoms with Crippen LogP contribution in [-0.2, 0) is 0 Å². The molecule has 3 aromatic rings. The van der Waals surface area contributed by atoms with Crippen LogP contribution in [0.2, 0.25) is 0 Å². The Bertz CT molecular complexity index is 930. The second-order valence-electron chi connectivity index (χ2n) is 6.27. The number of halogens is 1. The molecule has 0 saturated carbocycles. The Labute approximate surface area is 149 Å². The van der Waals surface area contributed by atoms with Crippen LogP contribution < -0.4 is 4.90 Å². The van der Waals surface area contributed by atoms with E-state index >= 15 is 0 Å². The largest absolute Gasteiger partial charge is 0.356 e. The quantitative estimate of drug-likeness (QED) is 0.720. The predicted molar refractivity (Wildman–Crippen MR) is 92.8 cm³/mol. The topological polar surface area (TPSA) is 78.8 Å². The summed E-state index contributed by atoms with van der Waals surface area (Å²) < 4.78 is 18.5. The summed E-state index contributed by atoms with van der Waals surface area (Å²) in [6, 6.07) is 11.7. The molecule has 0 spiro atoms. The van der Waals surface area contributed by atoms with Gasteiger partial charge in [-0.1, -0.05) is 5.16 Å². The number of benzene rings is 1. The summed E-state index contributed by atoms with van der Waals surface area (Å²) in [6.07, 6.45) is 3.52. The third kappa shape index (κ3) is 3.26. The zero-order valence-electron chi connectivity index (χ0n) is 14.0. The van der Waals surface area contributed by atoms with Crippen molar-refractivity contribution in [1.82, 2.24) is 15.1 Å². The van der Waals surface area contributed by atoms with Gasteiger partial charge in [0.05, 0.1) is 11.5 Å². The van der Waals surface area contributed by atoms with E-state index in [1.54, 1.807) is 24.4 Å². The molecule has 0 N–H and O–H groups in total. The van der Waals surface area contributed by atoms with Gasteiger partial charge in [0, 0.05) is 24.8 Å². The lowest BCUT2D eigenvalue weighted by molar-refractivity contribution is 0.333. The Kier molecular flexibility index (Phi) is 4.32. The molecule has 2 aromatic heterocycles. The van der Waals surface area contributed by atoms with E-state index in [0.29, 0.717) is 17.3 Å². The minimum atomic E-state index is -0.296. The van der Waals surface area contributed by atoms with Crippen LogP contribution in [0, 0.1) is 17.1 Å². The van der Waals surface area contributed by atoms with Crippen molar-refractivity contribution in [3.63, 3.8) is 0 Å². The highest BCUT2D eigenvalue weighted by molar-refractivity contribution is 5.53. The van der Waals surface area contributed by atoms with E-state index in [0.717, 1.165) is 37.3 Å². The standard InChI is InChI=1S/C19H16FN5O/c20-16-6-4-14(5-7-16)18-23-19(26-24-18)15-2-1-9-25(12-15)17-8-3-13(10-21)11-22-17/h3-8,11,15H,1-2,9,12H2. The summed E-state index contributed by atoms with van der Waals surface area (Å²) >= 11 is 0. The highest BCUT2D eigenvalue weighted by Gasteiger charge is 2.27. The molecule has 6 nitrogen and oxygen atoms in total. The van der Waals surface area contributed by atoms with Gasteiger partial charge in [-0.2, -0.15) is 10.2 Å². The van der Waals surface area contributed by atoms with Gasteiger partial charge >= 0.3 is 0 Å². The molecule has 7 heteroatoms. The summed E-state index contributed by atoms with van der Waals surface area (Å²) in [4.78, 5) is 11.0. The Hall–Kier alpha value is -3.27. The maximum absolute atomic E-state index is 13.1. The number of anilines is 1. The van der Waals surface area contributed by atoms with Gasteiger partial charge in [0.2, 0.25) is 11.7 Å². The van der Waals surface area contributed by atoms with Crippen LogP contribution in [0.15, 0.2) is 47.1 Å². The van der Waals surface area contributed by atoms with Crippen molar-refractivity contribution in [2.75, 3.05) is 18.0 Å². The number of pyridine rings is 1. The summed E-state index contributed by atoms with van der Waals surface area (Å²) in [5.41, 5.74) is 1.27. The predicted octanol–water partition coefficient (Wildman–Crippen LogP) is 3.53. The molecular formula is C19H16FN5O. The number of nitriles is 1. The van der Waals surface area contributed by atoms with Crippen LogP contribution in [0.1, 0.15) is 30.2 Å². The Morgan fingerprint density at radius 2 is 2.04 bits per heavy atom. The molecule has 1 atom stereocenters. The molecule has 1 aliphatic rings. The lowest BCUT2D eigenvalue weighted by atomic mass is 9.98. The molecule has 1 unspecified atom stereocenters. The molecule has 0 bridgehead atoms. The molecule has 3 heterocycles. The highest BCUT2D eigenvalue weighted by atomic mass is 19.1. The number of nitrogens with zero attached hydrogens (tertiary/aromatic N) is 5. The first-order chi connectivity index (χ1) is 12.7. The molecule has 1 fully saturated rings. The Morgan fingerprint density at radius 3 is 2.77 bits per heavy atom. The van der Waals surface area contributed by atoms with Crippen LogP contribution in [0.25, 0.3) is 11.4 Å². The molecule has 1 saturated heterocycles. The van der Waals surface area contributed by atoms with Gasteiger partial charge in [-0.3, -0.25) is 0 Å². The van der Waals surface area contributed by atoms with Gasteiger partial charge < -0.3 is 9.42 Å². The second kappa shape index (κ2) is 6.92. The van der Waals surface area contributed by atoms with Gasteiger partial charge in [-0.25, -0.2) is 9.37 Å². The zero-order chi connectivity index (χ0) is 17.9. The summed E-state index contributed by atoms with van der Waals surface area (Å²) in [5, 5.41) is 12.9. The fourth-order valence-electron chi connectivity index (χ4n) is 3.14. The maximum atomic E-state index is 13.1. The second-order valence-corrected chi connectivity index (χ2v) is 6.27. The van der Waals surface area contributed by atoms with E-state index < -0.39 is 0 Å². The van der Waals surface area contributed by atoms with Crippen LogP contribution in [0.5, 0.6) is 0 Å². The maximum Gasteiger partial charge on any atom is 0.231 e. The summed E-state index contributed by atoms with van der Waals surface area (Å²) in [5.74, 6) is 1.71. The van der Waals surface area contributed by atoms with Gasteiger partial charge in [-0.15, -0.1) is 0 Å². The van der Waals surface area contributed by atoms with Crippen LogP contribution in [0.3, 0.4) is 0 Å². The first-order valence-electron chi connectivity index (χ1n) is 8.43. The van der Waals surface area contributed by atoms with Gasteiger partial charge in [0.25, 0.3) is 0 Å². The van der Waals surface area contributed by atoms with Crippen molar-refractivity contribution in [3.8, 4) is 17.5 Å². The van der Waals surface area contributed by atoms with E-state index in [1.807, 2.05) is 6.07 Å². The van der Waals surface area contributed by atoms with Crippen molar-refractivity contribution in [2.24, 2.45) is 0 Å².